The van der Waals surface area contributed by atoms with Crippen molar-refractivity contribution in [3.63, 3.8) is 0 Å². The van der Waals surface area contributed by atoms with Gasteiger partial charge in [0.1, 0.15) is 18.9 Å². The molecule has 0 saturated carbocycles. The smallest absolute Gasteiger partial charge is 0.230 e. The highest BCUT2D eigenvalue weighted by molar-refractivity contribution is 7.13. The van der Waals surface area contributed by atoms with Crippen LogP contribution in [0.4, 0.5) is 5.88 Å². The van der Waals surface area contributed by atoms with Gasteiger partial charge in [-0.1, -0.05) is 11.2 Å². The van der Waals surface area contributed by atoms with Gasteiger partial charge in [-0.05, 0) is 17.7 Å². The van der Waals surface area contributed by atoms with E-state index in [1.165, 1.54) is 11.3 Å². The van der Waals surface area contributed by atoms with Gasteiger partial charge in [-0.2, -0.15) is 0 Å². The molecule has 2 N–H and O–H groups in total. The number of rotatable bonds is 2. The second kappa shape index (κ2) is 4.78. The standard InChI is InChI=1S/C14H11N3O3S/c15-14-12(13(17-20-14)11-6-16-7-21-11)8-1-2-9-10(5-8)19-4-3-18-9/h1-2,5-7H,3-4,15H2. The maximum Gasteiger partial charge on any atom is 0.230 e. The van der Waals surface area contributed by atoms with E-state index < -0.39 is 0 Å². The molecule has 0 saturated heterocycles. The van der Waals surface area contributed by atoms with Crippen molar-refractivity contribution in [1.82, 2.24) is 10.1 Å². The van der Waals surface area contributed by atoms with Crippen molar-refractivity contribution in [2.45, 2.75) is 0 Å². The lowest BCUT2D eigenvalue weighted by atomic mass is 10.0. The first kappa shape index (κ1) is 12.2. The lowest BCUT2D eigenvalue weighted by Gasteiger charge is -2.18. The minimum atomic E-state index is 0.273. The molecule has 1 aliphatic heterocycles. The zero-order valence-corrected chi connectivity index (χ0v) is 11.7. The van der Waals surface area contributed by atoms with Crippen LogP contribution in [-0.2, 0) is 0 Å². The van der Waals surface area contributed by atoms with Crippen LogP contribution in [0.25, 0.3) is 21.7 Å². The van der Waals surface area contributed by atoms with Gasteiger partial charge in [0.15, 0.2) is 11.5 Å². The summed E-state index contributed by atoms with van der Waals surface area (Å²) < 4.78 is 16.3. The highest BCUT2D eigenvalue weighted by Crippen LogP contribution is 2.41. The van der Waals surface area contributed by atoms with Gasteiger partial charge >= 0.3 is 0 Å². The molecule has 4 rings (SSSR count). The summed E-state index contributed by atoms with van der Waals surface area (Å²) in [6, 6.07) is 5.68. The molecule has 0 aliphatic carbocycles. The second-order valence-corrected chi connectivity index (χ2v) is 5.38. The van der Waals surface area contributed by atoms with Gasteiger partial charge in [0, 0.05) is 6.20 Å². The fraction of sp³-hybridized carbons (Fsp3) is 0.143. The molecule has 7 heteroatoms. The third-order valence-electron chi connectivity index (χ3n) is 3.22. The Hall–Kier alpha value is -2.54. The molecule has 0 amide bonds. The Kier molecular flexibility index (Phi) is 2.78. The SMILES string of the molecule is Nc1onc(-c2cncs2)c1-c1ccc2c(c1)OCCO2. The number of benzene rings is 1. The molecule has 106 valence electrons. The molecule has 6 nitrogen and oxygen atoms in total. The first-order valence-corrected chi connectivity index (χ1v) is 7.25. The number of aromatic nitrogens is 2. The summed E-state index contributed by atoms with van der Waals surface area (Å²) in [5, 5.41) is 4.04. The van der Waals surface area contributed by atoms with E-state index in [2.05, 4.69) is 10.1 Å². The van der Waals surface area contributed by atoms with Crippen LogP contribution in [0.1, 0.15) is 0 Å². The number of nitrogen functional groups attached to an aromatic ring is 1. The van der Waals surface area contributed by atoms with Crippen LogP contribution < -0.4 is 15.2 Å². The third kappa shape index (κ3) is 2.02. The largest absolute Gasteiger partial charge is 0.486 e. The zero-order valence-electron chi connectivity index (χ0n) is 10.9. The molecule has 3 aromatic rings. The minimum absolute atomic E-state index is 0.273. The van der Waals surface area contributed by atoms with Gasteiger partial charge < -0.3 is 19.7 Å². The van der Waals surface area contributed by atoms with E-state index in [1.807, 2.05) is 18.2 Å². The predicted octanol–water partition coefficient (Wildman–Crippen LogP) is 2.82. The average molecular weight is 301 g/mol. The molecule has 0 atom stereocenters. The zero-order chi connectivity index (χ0) is 14.2. The highest BCUT2D eigenvalue weighted by Gasteiger charge is 2.21. The summed E-state index contributed by atoms with van der Waals surface area (Å²) in [4.78, 5) is 4.97. The predicted molar refractivity (Wildman–Crippen MR) is 78.4 cm³/mol. The van der Waals surface area contributed by atoms with Crippen LogP contribution in [0.5, 0.6) is 11.5 Å². The van der Waals surface area contributed by atoms with Crippen molar-refractivity contribution in [2.75, 3.05) is 18.9 Å². The number of thiazole rings is 1. The molecular weight excluding hydrogens is 290 g/mol. The Bertz CT molecular complexity index is 783. The molecule has 0 radical (unpaired) electrons. The van der Waals surface area contributed by atoms with Gasteiger partial charge in [0.05, 0.1) is 16.0 Å². The number of hydrogen-bond acceptors (Lipinski definition) is 7. The molecule has 0 spiro atoms. The van der Waals surface area contributed by atoms with Gasteiger partial charge in [0.25, 0.3) is 0 Å². The number of nitrogens with two attached hydrogens (primary N) is 1. The normalized spacial score (nSPS) is 13.3. The van der Waals surface area contributed by atoms with E-state index >= 15 is 0 Å². The minimum Gasteiger partial charge on any atom is -0.486 e. The Morgan fingerprint density at radius 3 is 2.81 bits per heavy atom. The fourth-order valence-corrected chi connectivity index (χ4v) is 2.89. The molecule has 2 aromatic heterocycles. The third-order valence-corrected chi connectivity index (χ3v) is 3.99. The van der Waals surface area contributed by atoms with Crippen molar-refractivity contribution >= 4 is 17.2 Å². The molecule has 0 unspecified atom stereocenters. The highest BCUT2D eigenvalue weighted by atomic mass is 32.1. The maximum atomic E-state index is 5.94. The number of ether oxygens (including phenoxy) is 2. The van der Waals surface area contributed by atoms with Crippen molar-refractivity contribution in [3.8, 4) is 33.2 Å². The molecule has 3 heterocycles. The number of nitrogens with zero attached hydrogens (tertiary/aromatic N) is 2. The van der Waals surface area contributed by atoms with Crippen LogP contribution in [0.2, 0.25) is 0 Å². The monoisotopic (exact) mass is 301 g/mol. The van der Waals surface area contributed by atoms with E-state index in [4.69, 9.17) is 19.7 Å². The number of anilines is 1. The number of hydrogen-bond donors (Lipinski definition) is 1. The van der Waals surface area contributed by atoms with Crippen LogP contribution in [-0.4, -0.2) is 23.4 Å². The maximum absolute atomic E-state index is 5.94. The quantitative estimate of drug-likeness (QED) is 0.783. The summed E-state index contributed by atoms with van der Waals surface area (Å²) >= 11 is 1.48. The fourth-order valence-electron chi connectivity index (χ4n) is 2.28. The van der Waals surface area contributed by atoms with Crippen LogP contribution in [0, 0.1) is 0 Å². The summed E-state index contributed by atoms with van der Waals surface area (Å²) in [5.74, 6) is 1.71. The van der Waals surface area contributed by atoms with E-state index in [-0.39, 0.29) is 5.88 Å². The van der Waals surface area contributed by atoms with E-state index in [0.717, 1.165) is 21.8 Å². The van der Waals surface area contributed by atoms with Crippen LogP contribution in [0.3, 0.4) is 0 Å². The van der Waals surface area contributed by atoms with Crippen LogP contribution in [0.15, 0.2) is 34.4 Å². The first-order valence-electron chi connectivity index (χ1n) is 6.37. The summed E-state index contributed by atoms with van der Waals surface area (Å²) in [5.41, 5.74) is 9.99. The van der Waals surface area contributed by atoms with Gasteiger partial charge in [-0.25, -0.2) is 0 Å². The first-order chi connectivity index (χ1) is 10.3. The topological polar surface area (TPSA) is 83.4 Å². The van der Waals surface area contributed by atoms with Gasteiger partial charge in [0.2, 0.25) is 5.88 Å². The molecule has 0 bridgehead atoms. The van der Waals surface area contributed by atoms with Gasteiger partial charge in [-0.3, -0.25) is 4.98 Å². The molecular formula is C14H11N3O3S. The lowest BCUT2D eigenvalue weighted by molar-refractivity contribution is 0.171. The lowest BCUT2D eigenvalue weighted by Crippen LogP contribution is -2.15. The average Bonchev–Trinajstić information content (AvgIpc) is 3.16. The van der Waals surface area contributed by atoms with Crippen molar-refractivity contribution < 1.29 is 14.0 Å². The molecule has 1 aliphatic rings. The van der Waals surface area contributed by atoms with Crippen molar-refractivity contribution in [1.29, 1.82) is 0 Å². The Morgan fingerprint density at radius 2 is 2.00 bits per heavy atom. The summed E-state index contributed by atoms with van der Waals surface area (Å²) in [7, 11) is 0. The summed E-state index contributed by atoms with van der Waals surface area (Å²) in [6.07, 6.45) is 1.74. The summed E-state index contributed by atoms with van der Waals surface area (Å²) in [6.45, 7) is 1.10. The Balaban J connectivity index is 1.85. The van der Waals surface area contributed by atoms with E-state index in [9.17, 15) is 0 Å². The molecule has 1 aromatic carbocycles. The van der Waals surface area contributed by atoms with Crippen molar-refractivity contribution in [3.05, 3.63) is 29.9 Å². The number of fused-ring (bicyclic) bond motifs is 1. The Morgan fingerprint density at radius 1 is 1.14 bits per heavy atom. The van der Waals surface area contributed by atoms with E-state index in [1.54, 1.807) is 11.7 Å². The van der Waals surface area contributed by atoms with Gasteiger partial charge in [-0.15, -0.1) is 11.3 Å². The second-order valence-electron chi connectivity index (χ2n) is 4.49. The van der Waals surface area contributed by atoms with E-state index in [0.29, 0.717) is 24.7 Å². The van der Waals surface area contributed by atoms with Crippen molar-refractivity contribution in [2.24, 2.45) is 0 Å². The Labute approximate surface area is 124 Å². The molecule has 0 fully saturated rings. The van der Waals surface area contributed by atoms with Crippen LogP contribution >= 0.6 is 11.3 Å². The molecule has 21 heavy (non-hydrogen) atoms.